The number of anilines is 1. The van der Waals surface area contributed by atoms with Crippen molar-refractivity contribution in [1.29, 1.82) is 0 Å². The summed E-state index contributed by atoms with van der Waals surface area (Å²) in [6, 6.07) is 9.12. The molecule has 0 aromatic heterocycles. The van der Waals surface area contributed by atoms with Crippen molar-refractivity contribution in [1.82, 2.24) is 0 Å². The van der Waals surface area contributed by atoms with Crippen molar-refractivity contribution in [3.05, 3.63) is 30.3 Å². The average molecular weight is 181 g/mol. The quantitative estimate of drug-likeness (QED) is 0.634. The molecule has 0 aliphatic heterocycles. The Hall–Kier alpha value is -1.55. The molecule has 0 bridgehead atoms. The Kier molecular flexibility index (Phi) is 3.28. The summed E-state index contributed by atoms with van der Waals surface area (Å²) in [6.07, 6.45) is -1.36. The Morgan fingerprint density at radius 2 is 2.00 bits per heavy atom. The van der Waals surface area contributed by atoms with Gasteiger partial charge in [0.05, 0.1) is 6.54 Å². The molecule has 1 atom stereocenters. The van der Waals surface area contributed by atoms with E-state index < -0.39 is 12.1 Å². The highest BCUT2D eigenvalue weighted by Crippen LogP contribution is 2.04. The third kappa shape index (κ3) is 3.13. The first-order chi connectivity index (χ1) is 6.20. The second-order valence-electron chi connectivity index (χ2n) is 2.60. The van der Waals surface area contributed by atoms with Crippen LogP contribution >= 0.6 is 0 Å². The van der Waals surface area contributed by atoms with Crippen molar-refractivity contribution < 1.29 is 15.0 Å². The molecule has 0 fully saturated rings. The lowest BCUT2D eigenvalue weighted by Crippen LogP contribution is -2.28. The van der Waals surface area contributed by atoms with Gasteiger partial charge in [0.25, 0.3) is 0 Å². The fourth-order valence-electron chi connectivity index (χ4n) is 0.858. The number of nitrogens with one attached hydrogen (secondary N) is 1. The highest BCUT2D eigenvalue weighted by molar-refractivity contribution is 5.72. The van der Waals surface area contributed by atoms with E-state index in [1.165, 1.54) is 0 Å². The standard InChI is InChI=1S/C9H11NO3/c11-8(9(12)13)6-10-7-4-2-1-3-5-7/h1-5,8,10-11H,6H2,(H,12,13). The average Bonchev–Trinajstić information content (AvgIpc) is 2.15. The number of benzene rings is 1. The molecule has 1 rings (SSSR count). The minimum Gasteiger partial charge on any atom is -0.479 e. The van der Waals surface area contributed by atoms with Crippen molar-refractivity contribution in [2.75, 3.05) is 11.9 Å². The molecule has 4 nitrogen and oxygen atoms in total. The van der Waals surface area contributed by atoms with Gasteiger partial charge in [0, 0.05) is 5.69 Å². The number of carbonyl (C=O) groups is 1. The van der Waals surface area contributed by atoms with Crippen LogP contribution in [-0.2, 0) is 4.79 Å². The van der Waals surface area contributed by atoms with E-state index in [4.69, 9.17) is 10.2 Å². The lowest BCUT2D eigenvalue weighted by molar-refractivity contribution is -0.145. The van der Waals surface area contributed by atoms with Crippen molar-refractivity contribution in [2.24, 2.45) is 0 Å². The highest BCUT2D eigenvalue weighted by Gasteiger charge is 2.11. The third-order valence-corrected chi connectivity index (χ3v) is 1.56. The first kappa shape index (κ1) is 9.54. The second-order valence-corrected chi connectivity index (χ2v) is 2.60. The van der Waals surface area contributed by atoms with Crippen LogP contribution in [0.15, 0.2) is 30.3 Å². The predicted octanol–water partition coefficient (Wildman–Crippen LogP) is 0.544. The molecule has 0 saturated carbocycles. The monoisotopic (exact) mass is 181 g/mol. The van der Waals surface area contributed by atoms with E-state index in [9.17, 15) is 4.79 Å². The number of carboxylic acids is 1. The summed E-state index contributed by atoms with van der Waals surface area (Å²) in [6.45, 7) is 0.0132. The molecule has 70 valence electrons. The Morgan fingerprint density at radius 1 is 1.38 bits per heavy atom. The number of carboxylic acid groups (broad SMARTS) is 1. The molecular weight excluding hydrogens is 170 g/mol. The fourth-order valence-corrected chi connectivity index (χ4v) is 0.858. The molecule has 1 aromatic rings. The fraction of sp³-hybridized carbons (Fsp3) is 0.222. The highest BCUT2D eigenvalue weighted by atomic mass is 16.4. The van der Waals surface area contributed by atoms with Gasteiger partial charge < -0.3 is 15.5 Å². The number of aliphatic hydroxyl groups excluding tert-OH is 1. The first-order valence-electron chi connectivity index (χ1n) is 3.90. The van der Waals surface area contributed by atoms with Gasteiger partial charge in [-0.3, -0.25) is 0 Å². The van der Waals surface area contributed by atoms with Crippen LogP contribution in [0.25, 0.3) is 0 Å². The smallest absolute Gasteiger partial charge is 0.334 e. The summed E-state index contributed by atoms with van der Waals surface area (Å²) in [5.41, 5.74) is 0.794. The van der Waals surface area contributed by atoms with Crippen molar-refractivity contribution in [3.63, 3.8) is 0 Å². The van der Waals surface area contributed by atoms with Gasteiger partial charge in [0.1, 0.15) is 0 Å². The largest absolute Gasteiger partial charge is 0.479 e. The third-order valence-electron chi connectivity index (χ3n) is 1.56. The van der Waals surface area contributed by atoms with Crippen LogP contribution in [0.1, 0.15) is 0 Å². The maximum atomic E-state index is 10.2. The van der Waals surface area contributed by atoms with E-state index in [1.54, 1.807) is 12.1 Å². The predicted molar refractivity (Wildman–Crippen MR) is 48.6 cm³/mol. The van der Waals surface area contributed by atoms with E-state index in [0.29, 0.717) is 0 Å². The number of hydrogen-bond donors (Lipinski definition) is 3. The zero-order valence-electron chi connectivity index (χ0n) is 6.97. The van der Waals surface area contributed by atoms with E-state index in [-0.39, 0.29) is 6.54 Å². The molecule has 3 N–H and O–H groups in total. The lowest BCUT2D eigenvalue weighted by Gasteiger charge is -2.08. The SMILES string of the molecule is O=C(O)C(O)CNc1ccccc1. The van der Waals surface area contributed by atoms with Crippen LogP contribution in [0, 0.1) is 0 Å². The molecule has 0 aliphatic carbocycles. The van der Waals surface area contributed by atoms with E-state index >= 15 is 0 Å². The van der Waals surface area contributed by atoms with Crippen LogP contribution in [0.4, 0.5) is 5.69 Å². The molecule has 1 unspecified atom stereocenters. The molecule has 13 heavy (non-hydrogen) atoms. The number of aliphatic hydroxyl groups is 1. The zero-order valence-corrected chi connectivity index (χ0v) is 6.97. The summed E-state index contributed by atoms with van der Waals surface area (Å²) >= 11 is 0. The summed E-state index contributed by atoms with van der Waals surface area (Å²) in [4.78, 5) is 10.2. The van der Waals surface area contributed by atoms with Gasteiger partial charge in [-0.1, -0.05) is 18.2 Å². The van der Waals surface area contributed by atoms with Gasteiger partial charge in [-0.2, -0.15) is 0 Å². The molecular formula is C9H11NO3. The molecule has 0 saturated heterocycles. The van der Waals surface area contributed by atoms with Gasteiger partial charge in [0.2, 0.25) is 0 Å². The summed E-state index contributed by atoms with van der Waals surface area (Å²) in [7, 11) is 0. The summed E-state index contributed by atoms with van der Waals surface area (Å²) in [5.74, 6) is -1.22. The molecule has 4 heteroatoms. The molecule has 0 heterocycles. The van der Waals surface area contributed by atoms with Crippen LogP contribution in [0.3, 0.4) is 0 Å². The van der Waals surface area contributed by atoms with Crippen LogP contribution < -0.4 is 5.32 Å². The van der Waals surface area contributed by atoms with Gasteiger partial charge in [-0.05, 0) is 12.1 Å². The first-order valence-corrected chi connectivity index (χ1v) is 3.90. The van der Waals surface area contributed by atoms with Crippen LogP contribution in [0.5, 0.6) is 0 Å². The zero-order chi connectivity index (χ0) is 9.68. The van der Waals surface area contributed by atoms with Crippen LogP contribution in [-0.4, -0.2) is 28.8 Å². The van der Waals surface area contributed by atoms with E-state index in [1.807, 2.05) is 18.2 Å². The Bertz CT molecular complexity index is 273. The molecule has 0 amide bonds. The maximum absolute atomic E-state index is 10.2. The molecule has 0 radical (unpaired) electrons. The van der Waals surface area contributed by atoms with Gasteiger partial charge in [-0.15, -0.1) is 0 Å². The molecule has 0 spiro atoms. The molecule has 1 aromatic carbocycles. The minimum atomic E-state index is -1.36. The number of aliphatic carboxylic acids is 1. The second kappa shape index (κ2) is 4.47. The lowest BCUT2D eigenvalue weighted by atomic mass is 10.3. The minimum absolute atomic E-state index is 0.0132. The Balaban J connectivity index is 2.39. The number of para-hydroxylation sites is 1. The normalized spacial score (nSPS) is 12.1. The Morgan fingerprint density at radius 3 is 2.54 bits per heavy atom. The van der Waals surface area contributed by atoms with Gasteiger partial charge in [0.15, 0.2) is 6.10 Å². The number of rotatable bonds is 4. The van der Waals surface area contributed by atoms with Crippen LogP contribution in [0.2, 0.25) is 0 Å². The molecule has 0 aliphatic rings. The van der Waals surface area contributed by atoms with Crippen molar-refractivity contribution in [2.45, 2.75) is 6.10 Å². The number of hydrogen-bond acceptors (Lipinski definition) is 3. The van der Waals surface area contributed by atoms with Crippen molar-refractivity contribution in [3.8, 4) is 0 Å². The van der Waals surface area contributed by atoms with Gasteiger partial charge in [-0.25, -0.2) is 4.79 Å². The summed E-state index contributed by atoms with van der Waals surface area (Å²) < 4.78 is 0. The Labute approximate surface area is 75.8 Å². The van der Waals surface area contributed by atoms with E-state index in [2.05, 4.69) is 5.32 Å². The topological polar surface area (TPSA) is 69.6 Å². The summed E-state index contributed by atoms with van der Waals surface area (Å²) in [5, 5.41) is 20.1. The maximum Gasteiger partial charge on any atom is 0.334 e. The van der Waals surface area contributed by atoms with Crippen molar-refractivity contribution >= 4 is 11.7 Å². The van der Waals surface area contributed by atoms with E-state index in [0.717, 1.165) is 5.69 Å². The van der Waals surface area contributed by atoms with Gasteiger partial charge >= 0.3 is 5.97 Å².